The SMILES string of the molecule is CC[C@H](O[C@H](OC)c1ccccc1F)N(C)C(=O)O. The molecule has 0 aromatic heterocycles. The van der Waals surface area contributed by atoms with Crippen LogP contribution < -0.4 is 0 Å². The molecule has 1 aromatic carbocycles. The van der Waals surface area contributed by atoms with Crippen molar-refractivity contribution in [3.63, 3.8) is 0 Å². The van der Waals surface area contributed by atoms with E-state index in [9.17, 15) is 9.18 Å². The van der Waals surface area contributed by atoms with E-state index in [1.807, 2.05) is 0 Å². The molecule has 6 heteroatoms. The Morgan fingerprint density at radius 3 is 2.58 bits per heavy atom. The number of amides is 1. The second kappa shape index (κ2) is 7.06. The van der Waals surface area contributed by atoms with Gasteiger partial charge in [0.1, 0.15) is 12.0 Å². The summed E-state index contributed by atoms with van der Waals surface area (Å²) < 4.78 is 24.3. The lowest BCUT2D eigenvalue weighted by Gasteiger charge is -2.28. The lowest BCUT2D eigenvalue weighted by molar-refractivity contribution is -0.191. The second-order valence-corrected chi connectivity index (χ2v) is 3.98. The molecular formula is C13H18FNO4. The minimum atomic E-state index is -1.12. The minimum absolute atomic E-state index is 0.238. The van der Waals surface area contributed by atoms with Crippen LogP contribution in [0.1, 0.15) is 25.2 Å². The Morgan fingerprint density at radius 1 is 1.47 bits per heavy atom. The van der Waals surface area contributed by atoms with Gasteiger partial charge >= 0.3 is 6.09 Å². The van der Waals surface area contributed by atoms with E-state index in [2.05, 4.69) is 0 Å². The molecule has 2 atom stereocenters. The maximum atomic E-state index is 13.7. The van der Waals surface area contributed by atoms with E-state index in [0.717, 1.165) is 4.90 Å². The molecule has 19 heavy (non-hydrogen) atoms. The predicted molar refractivity (Wildman–Crippen MR) is 67.1 cm³/mol. The number of hydrogen-bond donors (Lipinski definition) is 1. The lowest BCUT2D eigenvalue weighted by Crippen LogP contribution is -2.38. The Bertz CT molecular complexity index is 427. The number of carboxylic acid groups (broad SMARTS) is 1. The lowest BCUT2D eigenvalue weighted by atomic mass is 10.2. The molecule has 0 aliphatic heterocycles. The van der Waals surface area contributed by atoms with Crippen LogP contribution in [-0.2, 0) is 9.47 Å². The van der Waals surface area contributed by atoms with Gasteiger partial charge in [0.2, 0.25) is 0 Å². The summed E-state index contributed by atoms with van der Waals surface area (Å²) in [5, 5.41) is 8.93. The molecule has 5 nitrogen and oxygen atoms in total. The van der Waals surface area contributed by atoms with Crippen molar-refractivity contribution in [2.75, 3.05) is 14.2 Å². The van der Waals surface area contributed by atoms with Gasteiger partial charge in [-0.3, -0.25) is 4.90 Å². The first kappa shape index (κ1) is 15.4. The summed E-state index contributed by atoms with van der Waals surface area (Å²) in [5.74, 6) is -0.456. The fourth-order valence-corrected chi connectivity index (χ4v) is 1.65. The maximum Gasteiger partial charge on any atom is 0.409 e. The molecule has 1 amide bonds. The normalized spacial score (nSPS) is 13.9. The van der Waals surface area contributed by atoms with Crippen LogP contribution in [0.2, 0.25) is 0 Å². The van der Waals surface area contributed by atoms with E-state index in [-0.39, 0.29) is 5.56 Å². The molecule has 0 unspecified atom stereocenters. The van der Waals surface area contributed by atoms with E-state index in [1.54, 1.807) is 19.1 Å². The fourth-order valence-electron chi connectivity index (χ4n) is 1.65. The molecule has 0 aliphatic carbocycles. The van der Waals surface area contributed by atoms with Gasteiger partial charge in [0.25, 0.3) is 0 Å². The molecule has 106 valence electrons. The number of rotatable bonds is 6. The molecule has 1 aromatic rings. The Morgan fingerprint density at radius 2 is 2.11 bits per heavy atom. The van der Waals surface area contributed by atoms with Crippen LogP contribution in [-0.4, -0.2) is 36.5 Å². The third-order valence-corrected chi connectivity index (χ3v) is 2.74. The van der Waals surface area contributed by atoms with Crippen LogP contribution in [0, 0.1) is 5.82 Å². The second-order valence-electron chi connectivity index (χ2n) is 3.98. The van der Waals surface area contributed by atoms with Crippen molar-refractivity contribution < 1.29 is 23.8 Å². The van der Waals surface area contributed by atoms with Crippen molar-refractivity contribution in [1.29, 1.82) is 0 Å². The quantitative estimate of drug-likeness (QED) is 0.808. The standard InChI is InChI=1S/C13H18FNO4/c1-4-11(15(2)13(16)17)19-12(18-3)9-7-5-6-8-10(9)14/h5-8,11-12H,4H2,1-3H3,(H,16,17)/t11-,12-/m0/s1. The predicted octanol–water partition coefficient (Wildman–Crippen LogP) is 2.83. The Kier molecular flexibility index (Phi) is 5.72. The molecule has 1 rings (SSSR count). The summed E-state index contributed by atoms with van der Waals surface area (Å²) >= 11 is 0. The first-order chi connectivity index (χ1) is 9.01. The van der Waals surface area contributed by atoms with Gasteiger partial charge in [-0.2, -0.15) is 0 Å². The molecule has 0 radical (unpaired) electrons. The highest BCUT2D eigenvalue weighted by Crippen LogP contribution is 2.24. The number of carbonyl (C=O) groups is 1. The van der Waals surface area contributed by atoms with Crippen LogP contribution in [0.25, 0.3) is 0 Å². The van der Waals surface area contributed by atoms with E-state index >= 15 is 0 Å². The van der Waals surface area contributed by atoms with Gasteiger partial charge in [-0.25, -0.2) is 9.18 Å². The van der Waals surface area contributed by atoms with Gasteiger partial charge in [0, 0.05) is 19.7 Å². The summed E-state index contributed by atoms with van der Waals surface area (Å²) in [6.45, 7) is 1.78. The van der Waals surface area contributed by atoms with Crippen molar-refractivity contribution in [1.82, 2.24) is 4.90 Å². The minimum Gasteiger partial charge on any atom is -0.465 e. The number of halogens is 1. The molecule has 0 heterocycles. The molecular weight excluding hydrogens is 253 g/mol. The molecule has 0 bridgehead atoms. The Balaban J connectivity index is 2.87. The molecule has 0 spiro atoms. The van der Waals surface area contributed by atoms with Crippen molar-refractivity contribution in [3.05, 3.63) is 35.6 Å². The number of nitrogens with zero attached hydrogens (tertiary/aromatic N) is 1. The van der Waals surface area contributed by atoms with Crippen LogP contribution in [0.3, 0.4) is 0 Å². The number of benzene rings is 1. The zero-order chi connectivity index (χ0) is 14.4. The molecule has 0 saturated carbocycles. The van der Waals surface area contributed by atoms with Gasteiger partial charge in [-0.1, -0.05) is 25.1 Å². The van der Waals surface area contributed by atoms with Gasteiger partial charge in [0.15, 0.2) is 6.29 Å². The average molecular weight is 271 g/mol. The van der Waals surface area contributed by atoms with Crippen molar-refractivity contribution in [2.45, 2.75) is 25.9 Å². The third kappa shape index (κ3) is 3.90. The number of ether oxygens (including phenoxy) is 2. The summed E-state index contributed by atoms with van der Waals surface area (Å²) in [4.78, 5) is 11.9. The van der Waals surface area contributed by atoms with Crippen molar-refractivity contribution >= 4 is 6.09 Å². The topological polar surface area (TPSA) is 59.0 Å². The first-order valence-corrected chi connectivity index (χ1v) is 5.89. The zero-order valence-corrected chi connectivity index (χ0v) is 11.2. The summed E-state index contributed by atoms with van der Waals surface area (Å²) in [6.07, 6.45) is -2.35. The van der Waals surface area contributed by atoms with E-state index < -0.39 is 24.4 Å². The smallest absolute Gasteiger partial charge is 0.409 e. The molecule has 1 N–H and O–H groups in total. The first-order valence-electron chi connectivity index (χ1n) is 5.89. The average Bonchev–Trinajstić information content (AvgIpc) is 2.40. The van der Waals surface area contributed by atoms with Crippen LogP contribution >= 0.6 is 0 Å². The highest BCUT2D eigenvalue weighted by molar-refractivity contribution is 5.64. The Labute approximate surface area is 111 Å². The van der Waals surface area contributed by atoms with Crippen LogP contribution in [0.4, 0.5) is 9.18 Å². The largest absolute Gasteiger partial charge is 0.465 e. The number of methoxy groups -OCH3 is 1. The monoisotopic (exact) mass is 271 g/mol. The van der Waals surface area contributed by atoms with E-state index in [4.69, 9.17) is 14.6 Å². The van der Waals surface area contributed by atoms with E-state index in [1.165, 1.54) is 26.3 Å². The number of hydrogen-bond acceptors (Lipinski definition) is 3. The highest BCUT2D eigenvalue weighted by Gasteiger charge is 2.24. The van der Waals surface area contributed by atoms with Gasteiger partial charge in [-0.15, -0.1) is 0 Å². The Hall–Kier alpha value is -1.66. The van der Waals surface area contributed by atoms with Crippen LogP contribution in [0.15, 0.2) is 24.3 Å². The highest BCUT2D eigenvalue weighted by atomic mass is 19.1. The molecule has 0 aliphatic rings. The van der Waals surface area contributed by atoms with Gasteiger partial charge < -0.3 is 14.6 Å². The summed E-state index contributed by atoms with van der Waals surface area (Å²) in [6, 6.07) is 6.06. The molecule has 0 saturated heterocycles. The van der Waals surface area contributed by atoms with E-state index in [0.29, 0.717) is 6.42 Å². The molecule has 0 fully saturated rings. The zero-order valence-electron chi connectivity index (χ0n) is 11.2. The third-order valence-electron chi connectivity index (χ3n) is 2.74. The van der Waals surface area contributed by atoms with Crippen molar-refractivity contribution in [2.24, 2.45) is 0 Å². The fraction of sp³-hybridized carbons (Fsp3) is 0.462. The van der Waals surface area contributed by atoms with Crippen LogP contribution in [0.5, 0.6) is 0 Å². The summed E-state index contributed by atoms with van der Waals surface area (Å²) in [7, 11) is 2.77. The van der Waals surface area contributed by atoms with Gasteiger partial charge in [0.05, 0.1) is 0 Å². The summed E-state index contributed by atoms with van der Waals surface area (Å²) in [5.41, 5.74) is 0.238. The maximum absolute atomic E-state index is 13.7. The van der Waals surface area contributed by atoms with Crippen molar-refractivity contribution in [3.8, 4) is 0 Å². The van der Waals surface area contributed by atoms with Gasteiger partial charge in [-0.05, 0) is 12.5 Å².